The number of nitrogens with zero attached hydrogens (tertiary/aromatic N) is 2. The normalized spacial score (nSPS) is 28.2. The van der Waals surface area contributed by atoms with E-state index < -0.39 is 17.8 Å². The molecular weight excluding hydrogens is 292 g/mol. The number of carboxylic acids is 1. The Kier molecular flexibility index (Phi) is 3.15. The zero-order valence-electron chi connectivity index (χ0n) is 12.4. The fourth-order valence-corrected chi connectivity index (χ4v) is 3.94. The highest BCUT2D eigenvalue weighted by Gasteiger charge is 2.52. The van der Waals surface area contributed by atoms with E-state index in [9.17, 15) is 14.7 Å². The molecule has 23 heavy (non-hydrogen) atoms. The number of rotatable bonds is 3. The zero-order valence-corrected chi connectivity index (χ0v) is 12.4. The molecule has 4 rings (SSSR count). The molecule has 2 aliphatic carbocycles. The number of carbonyl (C=O) groups excluding carboxylic acids is 1. The van der Waals surface area contributed by atoms with E-state index in [2.05, 4.69) is 4.98 Å². The van der Waals surface area contributed by atoms with Crippen LogP contribution in [0.1, 0.15) is 11.2 Å². The van der Waals surface area contributed by atoms with Crippen molar-refractivity contribution in [3.63, 3.8) is 0 Å². The van der Waals surface area contributed by atoms with Crippen molar-refractivity contribution in [2.24, 2.45) is 23.7 Å². The van der Waals surface area contributed by atoms with Crippen molar-refractivity contribution >= 4 is 11.9 Å². The number of hydrogen-bond donors (Lipinski definition) is 1. The first kappa shape index (κ1) is 13.9. The van der Waals surface area contributed by atoms with Crippen LogP contribution >= 0.6 is 0 Å². The summed E-state index contributed by atoms with van der Waals surface area (Å²) in [7, 11) is 0. The number of fused-ring (bicyclic) bond motifs is 2. The van der Waals surface area contributed by atoms with E-state index >= 15 is 0 Å². The summed E-state index contributed by atoms with van der Waals surface area (Å²) in [5.41, 5.74) is 0.844. The molecule has 1 N–H and O–H groups in total. The molecule has 4 atom stereocenters. The number of benzene rings is 1. The number of carboxylic acid groups (broad SMARTS) is 1. The SMILES string of the molecule is O=C(O)[C@H]1[C@H](C(=O)n2ccnc2-c2ccccc2)[C@H]2C=C[C@H]1C2. The van der Waals surface area contributed by atoms with Gasteiger partial charge in [0.15, 0.2) is 0 Å². The van der Waals surface area contributed by atoms with Gasteiger partial charge in [0.2, 0.25) is 5.91 Å². The minimum absolute atomic E-state index is 0.0135. The van der Waals surface area contributed by atoms with Crippen molar-refractivity contribution < 1.29 is 14.7 Å². The Morgan fingerprint density at radius 1 is 1.09 bits per heavy atom. The van der Waals surface area contributed by atoms with Gasteiger partial charge in [-0.05, 0) is 18.3 Å². The van der Waals surface area contributed by atoms with Gasteiger partial charge < -0.3 is 5.11 Å². The molecule has 1 saturated carbocycles. The summed E-state index contributed by atoms with van der Waals surface area (Å²) in [4.78, 5) is 28.9. The van der Waals surface area contributed by atoms with Crippen molar-refractivity contribution in [1.82, 2.24) is 9.55 Å². The highest BCUT2D eigenvalue weighted by Crippen LogP contribution is 2.48. The topological polar surface area (TPSA) is 72.2 Å². The fraction of sp³-hybridized carbons (Fsp3) is 0.278. The third-order valence-corrected chi connectivity index (χ3v) is 4.94. The predicted octanol–water partition coefficient (Wildman–Crippen LogP) is 2.71. The van der Waals surface area contributed by atoms with Crippen molar-refractivity contribution in [2.45, 2.75) is 6.42 Å². The summed E-state index contributed by atoms with van der Waals surface area (Å²) in [5.74, 6) is -1.67. The highest BCUT2D eigenvalue weighted by molar-refractivity contribution is 5.90. The van der Waals surface area contributed by atoms with Crippen LogP contribution in [0.4, 0.5) is 0 Å². The molecule has 5 heteroatoms. The van der Waals surface area contributed by atoms with Gasteiger partial charge in [-0.2, -0.15) is 0 Å². The average Bonchev–Trinajstić information content (AvgIpc) is 3.29. The standard InChI is InChI=1S/C18H16N2O3/c21-17(14-12-6-7-13(10-12)15(14)18(22)23)20-9-8-19-16(20)11-4-2-1-3-5-11/h1-9,12-15H,10H2,(H,22,23)/t12-,13-,14+,15+/m0/s1. The number of allylic oxidation sites excluding steroid dienone is 2. The third kappa shape index (κ3) is 2.11. The van der Waals surface area contributed by atoms with Gasteiger partial charge in [0, 0.05) is 18.0 Å². The van der Waals surface area contributed by atoms with Gasteiger partial charge in [0.1, 0.15) is 5.82 Å². The van der Waals surface area contributed by atoms with Crippen LogP contribution in [0.3, 0.4) is 0 Å². The monoisotopic (exact) mass is 308 g/mol. The van der Waals surface area contributed by atoms with Gasteiger partial charge in [-0.1, -0.05) is 42.5 Å². The summed E-state index contributed by atoms with van der Waals surface area (Å²) < 4.78 is 1.50. The summed E-state index contributed by atoms with van der Waals surface area (Å²) in [6.45, 7) is 0. The van der Waals surface area contributed by atoms with Crippen LogP contribution in [0.25, 0.3) is 11.4 Å². The minimum Gasteiger partial charge on any atom is -0.481 e. The quantitative estimate of drug-likeness (QED) is 0.885. The number of hydrogen-bond acceptors (Lipinski definition) is 3. The van der Waals surface area contributed by atoms with Crippen LogP contribution < -0.4 is 0 Å². The number of imidazole rings is 1. The van der Waals surface area contributed by atoms with Crippen molar-refractivity contribution in [3.05, 3.63) is 54.9 Å². The molecule has 116 valence electrons. The fourth-order valence-electron chi connectivity index (χ4n) is 3.94. The Morgan fingerprint density at radius 3 is 2.48 bits per heavy atom. The maximum absolute atomic E-state index is 13.0. The van der Waals surface area contributed by atoms with Gasteiger partial charge >= 0.3 is 5.97 Å². The molecule has 0 unspecified atom stereocenters. The molecule has 2 aromatic rings. The van der Waals surface area contributed by atoms with E-state index in [1.165, 1.54) is 4.57 Å². The lowest BCUT2D eigenvalue weighted by Gasteiger charge is -2.24. The molecule has 0 radical (unpaired) electrons. The molecule has 1 aromatic heterocycles. The van der Waals surface area contributed by atoms with Crippen molar-refractivity contribution in [3.8, 4) is 11.4 Å². The Bertz CT molecular complexity index is 794. The van der Waals surface area contributed by atoms with Gasteiger partial charge in [-0.25, -0.2) is 4.98 Å². The second kappa shape index (κ2) is 5.19. The van der Waals surface area contributed by atoms with Crippen LogP contribution in [0.5, 0.6) is 0 Å². The second-order valence-electron chi connectivity index (χ2n) is 6.16. The lowest BCUT2D eigenvalue weighted by atomic mass is 9.82. The lowest BCUT2D eigenvalue weighted by molar-refractivity contribution is -0.143. The Labute approximate surface area is 133 Å². The molecule has 0 aliphatic heterocycles. The highest BCUT2D eigenvalue weighted by atomic mass is 16.4. The molecule has 0 saturated heterocycles. The maximum atomic E-state index is 13.0. The maximum Gasteiger partial charge on any atom is 0.307 e. The van der Waals surface area contributed by atoms with E-state index in [1.807, 2.05) is 42.5 Å². The van der Waals surface area contributed by atoms with Crippen LogP contribution in [-0.2, 0) is 4.79 Å². The van der Waals surface area contributed by atoms with E-state index in [1.54, 1.807) is 12.4 Å². The van der Waals surface area contributed by atoms with Crippen molar-refractivity contribution in [2.75, 3.05) is 0 Å². The first-order valence-electron chi connectivity index (χ1n) is 7.71. The largest absolute Gasteiger partial charge is 0.481 e. The summed E-state index contributed by atoms with van der Waals surface area (Å²) in [6, 6.07) is 9.46. The van der Waals surface area contributed by atoms with Gasteiger partial charge in [0.05, 0.1) is 11.8 Å². The predicted molar refractivity (Wildman–Crippen MR) is 83.6 cm³/mol. The lowest BCUT2D eigenvalue weighted by Crippen LogP contribution is -2.35. The van der Waals surface area contributed by atoms with Crippen LogP contribution in [0.15, 0.2) is 54.9 Å². The smallest absolute Gasteiger partial charge is 0.307 e. The molecule has 1 heterocycles. The molecule has 1 fully saturated rings. The first-order chi connectivity index (χ1) is 11.2. The van der Waals surface area contributed by atoms with E-state index in [4.69, 9.17) is 0 Å². The molecule has 2 aliphatic rings. The van der Waals surface area contributed by atoms with Crippen LogP contribution in [-0.4, -0.2) is 26.5 Å². The minimum atomic E-state index is -0.887. The van der Waals surface area contributed by atoms with Crippen LogP contribution in [0, 0.1) is 23.7 Å². The Morgan fingerprint density at radius 2 is 1.78 bits per heavy atom. The van der Waals surface area contributed by atoms with Crippen LogP contribution in [0.2, 0.25) is 0 Å². The average molecular weight is 308 g/mol. The summed E-state index contributed by atoms with van der Waals surface area (Å²) in [5, 5.41) is 9.53. The first-order valence-corrected chi connectivity index (χ1v) is 7.71. The second-order valence-corrected chi connectivity index (χ2v) is 6.16. The summed E-state index contributed by atoms with van der Waals surface area (Å²) >= 11 is 0. The number of aliphatic carboxylic acids is 1. The van der Waals surface area contributed by atoms with Gasteiger partial charge in [0.25, 0.3) is 0 Å². The number of aromatic nitrogens is 2. The van der Waals surface area contributed by atoms with Crippen molar-refractivity contribution in [1.29, 1.82) is 0 Å². The molecule has 1 aromatic carbocycles. The molecular formula is C18H16N2O3. The van der Waals surface area contributed by atoms with E-state index in [0.29, 0.717) is 5.82 Å². The summed E-state index contributed by atoms with van der Waals surface area (Å²) in [6.07, 6.45) is 7.89. The molecule has 2 bridgehead atoms. The van der Waals surface area contributed by atoms with E-state index in [0.717, 1.165) is 12.0 Å². The third-order valence-electron chi connectivity index (χ3n) is 4.94. The van der Waals surface area contributed by atoms with Gasteiger partial charge in [-0.15, -0.1) is 0 Å². The Hall–Kier alpha value is -2.69. The van der Waals surface area contributed by atoms with E-state index in [-0.39, 0.29) is 17.7 Å². The molecule has 0 spiro atoms. The zero-order chi connectivity index (χ0) is 16.0. The Balaban J connectivity index is 1.72. The van der Waals surface area contributed by atoms with Gasteiger partial charge in [-0.3, -0.25) is 14.2 Å². The molecule has 0 amide bonds. The number of carbonyl (C=O) groups is 2. The molecule has 5 nitrogen and oxygen atoms in total.